The van der Waals surface area contributed by atoms with Crippen LogP contribution in [-0.4, -0.2) is 16.8 Å². The molecule has 2 aromatic heterocycles. The van der Waals surface area contributed by atoms with E-state index in [9.17, 15) is 0 Å². The highest BCUT2D eigenvalue weighted by molar-refractivity contribution is 7.23. The van der Waals surface area contributed by atoms with Crippen LogP contribution in [0.25, 0.3) is 9.88 Å². The number of hydrogen-bond acceptors (Lipinski definition) is 7. The van der Waals surface area contributed by atoms with Crippen LogP contribution in [-0.2, 0) is 6.42 Å². The fourth-order valence-electron chi connectivity index (χ4n) is 4.02. The minimum atomic E-state index is 0.578. The molecular weight excluding hydrogens is 484 g/mol. The van der Waals surface area contributed by atoms with Crippen LogP contribution < -0.4 is 4.74 Å². The molecule has 0 N–H and O–H groups in total. The number of unbranched alkanes of at least 4 members (excludes halogenated alkanes) is 11. The number of benzene rings is 1. The standard InChI is InChI=1S/C29H42N4OS2/c1-3-5-7-9-10-11-13-15-23-34-25-19-17-24(18-20-25)30-32-29-33-31-28(36-29)27-22-21-26(35-27)16-14-12-8-6-4-2/h17-22H,3-16,23H2,1-2H3. The Hall–Kier alpha value is -2.12. The van der Waals surface area contributed by atoms with Crippen molar-refractivity contribution >= 4 is 33.5 Å². The number of rotatable bonds is 19. The molecule has 1 aromatic carbocycles. The van der Waals surface area contributed by atoms with E-state index in [0.717, 1.165) is 40.8 Å². The van der Waals surface area contributed by atoms with Crippen molar-refractivity contribution in [3.63, 3.8) is 0 Å². The van der Waals surface area contributed by atoms with Crippen LogP contribution in [0.1, 0.15) is 102 Å². The molecule has 2 heterocycles. The normalized spacial score (nSPS) is 11.5. The van der Waals surface area contributed by atoms with Gasteiger partial charge in [-0.05, 0) is 55.7 Å². The molecule has 0 aliphatic carbocycles. The van der Waals surface area contributed by atoms with E-state index in [0.29, 0.717) is 5.13 Å². The van der Waals surface area contributed by atoms with E-state index in [1.165, 1.54) is 93.3 Å². The molecule has 0 radical (unpaired) electrons. The molecule has 3 rings (SSSR count). The van der Waals surface area contributed by atoms with Gasteiger partial charge in [0.1, 0.15) is 5.75 Å². The molecule has 3 aromatic rings. The van der Waals surface area contributed by atoms with E-state index in [4.69, 9.17) is 4.74 Å². The van der Waals surface area contributed by atoms with Gasteiger partial charge in [0.25, 0.3) is 5.13 Å². The van der Waals surface area contributed by atoms with Crippen molar-refractivity contribution in [1.82, 2.24) is 10.2 Å². The molecule has 0 unspecified atom stereocenters. The summed E-state index contributed by atoms with van der Waals surface area (Å²) in [5.41, 5.74) is 0.785. The largest absolute Gasteiger partial charge is 0.494 e. The van der Waals surface area contributed by atoms with E-state index in [1.54, 1.807) is 0 Å². The van der Waals surface area contributed by atoms with Crippen molar-refractivity contribution in [2.24, 2.45) is 10.2 Å². The van der Waals surface area contributed by atoms with Crippen molar-refractivity contribution in [2.75, 3.05) is 6.61 Å². The van der Waals surface area contributed by atoms with Gasteiger partial charge in [-0.2, -0.15) is 0 Å². The summed E-state index contributed by atoms with van der Waals surface area (Å²) >= 11 is 3.30. The monoisotopic (exact) mass is 526 g/mol. The van der Waals surface area contributed by atoms with Crippen molar-refractivity contribution in [3.8, 4) is 15.6 Å². The zero-order chi connectivity index (χ0) is 25.3. The minimum Gasteiger partial charge on any atom is -0.494 e. The average molecular weight is 527 g/mol. The van der Waals surface area contributed by atoms with Gasteiger partial charge in [0.2, 0.25) is 0 Å². The summed E-state index contributed by atoms with van der Waals surface area (Å²) in [4.78, 5) is 2.58. The molecule has 0 atom stereocenters. The van der Waals surface area contributed by atoms with Crippen LogP contribution in [0, 0.1) is 0 Å². The minimum absolute atomic E-state index is 0.578. The molecular formula is C29H42N4OS2. The molecule has 0 saturated heterocycles. The first-order valence-electron chi connectivity index (χ1n) is 13.9. The molecule has 7 heteroatoms. The second-order valence-electron chi connectivity index (χ2n) is 9.34. The lowest BCUT2D eigenvalue weighted by atomic mass is 10.1. The van der Waals surface area contributed by atoms with Crippen LogP contribution in [0.3, 0.4) is 0 Å². The number of hydrogen-bond donors (Lipinski definition) is 0. The number of aryl methyl sites for hydroxylation is 1. The van der Waals surface area contributed by atoms with Gasteiger partial charge in [0, 0.05) is 4.88 Å². The smallest absolute Gasteiger partial charge is 0.252 e. The molecule has 0 aliphatic heterocycles. The fraction of sp³-hybridized carbons (Fsp3) is 0.586. The molecule has 0 bridgehead atoms. The summed E-state index contributed by atoms with van der Waals surface area (Å²) in [6.45, 7) is 5.29. The molecule has 0 spiro atoms. The zero-order valence-electron chi connectivity index (χ0n) is 22.1. The third-order valence-corrected chi connectivity index (χ3v) is 8.29. The van der Waals surface area contributed by atoms with Gasteiger partial charge < -0.3 is 4.74 Å². The number of aromatic nitrogens is 2. The maximum atomic E-state index is 5.87. The summed E-state index contributed by atoms with van der Waals surface area (Å²) in [5.74, 6) is 0.883. The van der Waals surface area contributed by atoms with E-state index in [2.05, 4.69) is 46.4 Å². The van der Waals surface area contributed by atoms with E-state index in [-0.39, 0.29) is 0 Å². The summed E-state index contributed by atoms with van der Waals surface area (Å²) in [7, 11) is 0. The van der Waals surface area contributed by atoms with Gasteiger partial charge in [-0.25, -0.2) is 0 Å². The lowest BCUT2D eigenvalue weighted by Crippen LogP contribution is -1.96. The van der Waals surface area contributed by atoms with Gasteiger partial charge in [0.05, 0.1) is 17.2 Å². The zero-order valence-corrected chi connectivity index (χ0v) is 23.7. The second kappa shape index (κ2) is 17.4. The molecule has 0 amide bonds. The first-order valence-corrected chi connectivity index (χ1v) is 15.5. The second-order valence-corrected chi connectivity index (χ2v) is 11.5. The highest BCUT2D eigenvalue weighted by Crippen LogP contribution is 2.34. The predicted octanol–water partition coefficient (Wildman–Crippen LogP) is 10.7. The van der Waals surface area contributed by atoms with E-state index >= 15 is 0 Å². The fourth-order valence-corrected chi connectivity index (χ4v) is 5.79. The highest BCUT2D eigenvalue weighted by Gasteiger charge is 2.09. The first kappa shape index (κ1) is 28.5. The lowest BCUT2D eigenvalue weighted by Gasteiger charge is -2.06. The number of ether oxygens (including phenoxy) is 1. The quantitative estimate of drug-likeness (QED) is 0.115. The number of nitrogens with zero attached hydrogens (tertiary/aromatic N) is 4. The van der Waals surface area contributed by atoms with Crippen molar-refractivity contribution in [3.05, 3.63) is 41.3 Å². The Balaban J connectivity index is 1.36. The Morgan fingerprint density at radius 3 is 2.06 bits per heavy atom. The van der Waals surface area contributed by atoms with Gasteiger partial charge in [-0.1, -0.05) is 95.8 Å². The lowest BCUT2D eigenvalue weighted by molar-refractivity contribution is 0.304. The topological polar surface area (TPSA) is 59.7 Å². The van der Waals surface area contributed by atoms with Crippen LogP contribution in [0.15, 0.2) is 46.6 Å². The number of thiophene rings is 1. The Bertz CT molecular complexity index is 997. The summed E-state index contributed by atoms with van der Waals surface area (Å²) in [6, 6.07) is 12.2. The maximum Gasteiger partial charge on any atom is 0.252 e. The third kappa shape index (κ3) is 10.9. The van der Waals surface area contributed by atoms with Gasteiger partial charge >= 0.3 is 0 Å². The van der Waals surface area contributed by atoms with Crippen molar-refractivity contribution < 1.29 is 4.74 Å². The van der Waals surface area contributed by atoms with Crippen LogP contribution in [0.5, 0.6) is 5.75 Å². The first-order chi connectivity index (χ1) is 17.8. The van der Waals surface area contributed by atoms with Crippen LogP contribution >= 0.6 is 22.7 Å². The summed E-state index contributed by atoms with van der Waals surface area (Å²) in [5, 5.41) is 18.6. The summed E-state index contributed by atoms with van der Waals surface area (Å²) in [6.07, 6.45) is 18.2. The van der Waals surface area contributed by atoms with Crippen LogP contribution in [0.2, 0.25) is 0 Å². The molecule has 0 fully saturated rings. The third-order valence-electron chi connectivity index (χ3n) is 6.17. The summed E-state index contributed by atoms with van der Waals surface area (Å²) < 4.78 is 5.87. The highest BCUT2D eigenvalue weighted by atomic mass is 32.1. The average Bonchev–Trinajstić information content (AvgIpc) is 3.57. The maximum absolute atomic E-state index is 5.87. The van der Waals surface area contributed by atoms with E-state index < -0.39 is 0 Å². The Labute approximate surface area is 225 Å². The van der Waals surface area contributed by atoms with E-state index in [1.807, 2.05) is 35.6 Å². The Morgan fingerprint density at radius 2 is 1.33 bits per heavy atom. The van der Waals surface area contributed by atoms with Gasteiger partial charge in [-0.3, -0.25) is 0 Å². The molecule has 0 aliphatic rings. The molecule has 196 valence electrons. The molecule has 36 heavy (non-hydrogen) atoms. The SMILES string of the molecule is CCCCCCCCCCOc1ccc(N=Nc2nnc(-c3ccc(CCCCCCC)s3)s2)cc1. The number of azo groups is 1. The molecule has 5 nitrogen and oxygen atoms in total. The Kier molecular flexibility index (Phi) is 13.7. The van der Waals surface area contributed by atoms with Gasteiger partial charge in [0.15, 0.2) is 5.01 Å². The Morgan fingerprint density at radius 1 is 0.667 bits per heavy atom. The van der Waals surface area contributed by atoms with Gasteiger partial charge in [-0.15, -0.1) is 31.8 Å². The van der Waals surface area contributed by atoms with Crippen molar-refractivity contribution in [2.45, 2.75) is 104 Å². The van der Waals surface area contributed by atoms with Crippen LogP contribution in [0.4, 0.5) is 10.8 Å². The molecule has 0 saturated carbocycles. The van der Waals surface area contributed by atoms with Crippen molar-refractivity contribution in [1.29, 1.82) is 0 Å². The predicted molar refractivity (Wildman–Crippen MR) is 154 cm³/mol.